The number of thioether (sulfide) groups is 1. The second-order valence-corrected chi connectivity index (χ2v) is 7.72. The van der Waals surface area contributed by atoms with Gasteiger partial charge in [0.25, 0.3) is 5.91 Å². The minimum absolute atomic E-state index is 0.0417. The van der Waals surface area contributed by atoms with Crippen LogP contribution in [0, 0.1) is 6.92 Å². The predicted octanol–water partition coefficient (Wildman–Crippen LogP) is 4.78. The zero-order chi connectivity index (χ0) is 25.8. The van der Waals surface area contributed by atoms with Gasteiger partial charge >= 0.3 is 5.97 Å². The number of hydrogen-bond donors (Lipinski definition) is 3. The molecule has 1 aromatic heterocycles. The summed E-state index contributed by atoms with van der Waals surface area (Å²) >= 11 is 1.86. The van der Waals surface area contributed by atoms with E-state index < -0.39 is 5.97 Å². The normalized spacial score (nSPS) is 9.06. The number of anilines is 1. The second kappa shape index (κ2) is 19.0. The molecule has 34 heavy (non-hydrogen) atoms. The van der Waals surface area contributed by atoms with Crippen molar-refractivity contribution < 1.29 is 19.5 Å². The van der Waals surface area contributed by atoms with Gasteiger partial charge in [-0.25, -0.2) is 4.98 Å². The van der Waals surface area contributed by atoms with E-state index in [1.807, 2.05) is 86.1 Å². The summed E-state index contributed by atoms with van der Waals surface area (Å²) in [6.45, 7) is 6.23. The standard InChI is InChI=1S/C19H16N2O.C3H7NO2.C3H8S.CH2O/c1-14-10-11-16(13-17(14)15-7-3-2-4-8-15)19(22)21-18-9-5-6-12-20-18;1-4-2-3(5)6;1-3-4-2;1-2/h2-13H,1H3,(H,20,21,22);4H,2H2,1H3,(H,5,6);3H2,1-2H3;1H2. The van der Waals surface area contributed by atoms with Crippen LogP contribution in [-0.4, -0.2) is 54.4 Å². The molecule has 182 valence electrons. The molecule has 7 nitrogen and oxygen atoms in total. The van der Waals surface area contributed by atoms with Gasteiger partial charge in [0.2, 0.25) is 0 Å². The minimum atomic E-state index is -0.822. The van der Waals surface area contributed by atoms with Gasteiger partial charge in [-0.1, -0.05) is 49.4 Å². The quantitative estimate of drug-likeness (QED) is 0.463. The van der Waals surface area contributed by atoms with Gasteiger partial charge in [0.05, 0.1) is 6.54 Å². The fourth-order valence-electron chi connectivity index (χ4n) is 2.47. The Kier molecular flexibility index (Phi) is 17.1. The van der Waals surface area contributed by atoms with Crippen LogP contribution in [0.15, 0.2) is 72.9 Å². The van der Waals surface area contributed by atoms with Gasteiger partial charge in [-0.05, 0) is 66.9 Å². The lowest BCUT2D eigenvalue weighted by molar-refractivity contribution is -0.135. The molecule has 0 saturated heterocycles. The van der Waals surface area contributed by atoms with Crippen LogP contribution in [0.1, 0.15) is 22.8 Å². The molecule has 0 aliphatic rings. The zero-order valence-electron chi connectivity index (χ0n) is 20.1. The molecule has 3 aromatic rings. The Morgan fingerprint density at radius 3 is 2.12 bits per heavy atom. The number of amides is 1. The molecule has 0 atom stereocenters. The maximum atomic E-state index is 12.4. The number of pyridine rings is 1. The summed E-state index contributed by atoms with van der Waals surface area (Å²) in [5.41, 5.74) is 3.93. The average molecular weight is 484 g/mol. The molecule has 2 aromatic carbocycles. The molecule has 3 rings (SSSR count). The van der Waals surface area contributed by atoms with E-state index in [1.165, 1.54) is 5.75 Å². The average Bonchev–Trinajstić information content (AvgIpc) is 2.87. The highest BCUT2D eigenvalue weighted by Gasteiger charge is 2.10. The number of carboxylic acids is 1. The summed E-state index contributed by atoms with van der Waals surface area (Å²) in [5, 5.41) is 13.1. The van der Waals surface area contributed by atoms with Crippen LogP contribution in [0.5, 0.6) is 0 Å². The first-order chi connectivity index (χ1) is 16.4. The van der Waals surface area contributed by atoms with Crippen LogP contribution >= 0.6 is 11.8 Å². The van der Waals surface area contributed by atoms with E-state index in [1.54, 1.807) is 19.3 Å². The van der Waals surface area contributed by atoms with Crippen LogP contribution in [0.2, 0.25) is 0 Å². The van der Waals surface area contributed by atoms with Gasteiger partial charge in [0.1, 0.15) is 12.6 Å². The number of nitrogens with one attached hydrogen (secondary N) is 2. The summed E-state index contributed by atoms with van der Waals surface area (Å²) in [6.07, 6.45) is 3.75. The zero-order valence-corrected chi connectivity index (χ0v) is 20.9. The molecule has 0 aliphatic heterocycles. The van der Waals surface area contributed by atoms with Crippen molar-refractivity contribution in [2.24, 2.45) is 0 Å². The summed E-state index contributed by atoms with van der Waals surface area (Å²) in [4.78, 5) is 34.0. The van der Waals surface area contributed by atoms with Crippen molar-refractivity contribution in [3.63, 3.8) is 0 Å². The lowest BCUT2D eigenvalue weighted by Gasteiger charge is -2.09. The van der Waals surface area contributed by atoms with Gasteiger partial charge in [-0.15, -0.1) is 0 Å². The Bertz CT molecular complexity index is 968. The van der Waals surface area contributed by atoms with Crippen molar-refractivity contribution in [2.75, 3.05) is 30.9 Å². The minimum Gasteiger partial charge on any atom is -0.480 e. The first-order valence-corrected chi connectivity index (χ1v) is 11.8. The molecule has 0 saturated carbocycles. The molecule has 1 heterocycles. The fourth-order valence-corrected chi connectivity index (χ4v) is 2.47. The summed E-state index contributed by atoms with van der Waals surface area (Å²) < 4.78 is 0. The van der Waals surface area contributed by atoms with E-state index in [2.05, 4.69) is 28.8 Å². The van der Waals surface area contributed by atoms with Crippen molar-refractivity contribution >= 4 is 36.2 Å². The third-order valence-electron chi connectivity index (χ3n) is 4.11. The van der Waals surface area contributed by atoms with Gasteiger partial charge in [-0.2, -0.15) is 11.8 Å². The highest BCUT2D eigenvalue weighted by molar-refractivity contribution is 7.98. The molecule has 0 fully saturated rings. The number of nitrogens with zero attached hydrogens (tertiary/aromatic N) is 1. The Morgan fingerprint density at radius 2 is 1.65 bits per heavy atom. The summed E-state index contributed by atoms with van der Waals surface area (Å²) in [6, 6.07) is 21.2. The van der Waals surface area contributed by atoms with Crippen molar-refractivity contribution in [1.29, 1.82) is 0 Å². The molecule has 8 heteroatoms. The third kappa shape index (κ3) is 12.5. The van der Waals surface area contributed by atoms with E-state index in [-0.39, 0.29) is 12.5 Å². The Hall–Kier alpha value is -3.49. The van der Waals surface area contributed by atoms with Gasteiger partial charge < -0.3 is 20.5 Å². The largest absolute Gasteiger partial charge is 0.480 e. The number of rotatable bonds is 6. The smallest absolute Gasteiger partial charge is 0.317 e. The lowest BCUT2D eigenvalue weighted by Crippen LogP contribution is -2.16. The molecular formula is C26H33N3O4S. The second-order valence-electron chi connectivity index (χ2n) is 6.57. The summed E-state index contributed by atoms with van der Waals surface area (Å²) in [7, 11) is 1.59. The van der Waals surface area contributed by atoms with Crippen LogP contribution in [0.25, 0.3) is 11.1 Å². The predicted molar refractivity (Wildman–Crippen MR) is 142 cm³/mol. The SMILES string of the molecule is C=O.CCSC.CNCC(=O)O.Cc1ccc(C(=O)Nc2ccccn2)cc1-c1ccccc1. The van der Waals surface area contributed by atoms with Gasteiger partial charge in [0.15, 0.2) is 0 Å². The number of carbonyl (C=O) groups excluding carboxylic acids is 2. The number of likely N-dealkylation sites (N-methyl/N-ethyl adjacent to an activating group) is 1. The van der Waals surface area contributed by atoms with Crippen molar-refractivity contribution in [2.45, 2.75) is 13.8 Å². The number of aromatic nitrogens is 1. The number of hydrogen-bond acceptors (Lipinski definition) is 6. The Balaban J connectivity index is 0.000000762. The highest BCUT2D eigenvalue weighted by atomic mass is 32.2. The fraction of sp³-hybridized carbons (Fsp3) is 0.231. The van der Waals surface area contributed by atoms with Crippen LogP contribution in [0.4, 0.5) is 5.82 Å². The number of benzene rings is 2. The molecule has 0 bridgehead atoms. The third-order valence-corrected chi connectivity index (χ3v) is 4.69. The molecule has 1 amide bonds. The first kappa shape index (κ1) is 30.5. The lowest BCUT2D eigenvalue weighted by atomic mass is 9.98. The number of aryl methyl sites for hydroxylation is 1. The Morgan fingerprint density at radius 1 is 1.03 bits per heavy atom. The monoisotopic (exact) mass is 483 g/mol. The molecule has 3 N–H and O–H groups in total. The Labute approximate surface area is 206 Å². The van der Waals surface area contributed by atoms with E-state index in [9.17, 15) is 9.59 Å². The molecule has 0 radical (unpaired) electrons. The van der Waals surface area contributed by atoms with Crippen molar-refractivity contribution in [3.05, 3.63) is 84.1 Å². The van der Waals surface area contributed by atoms with Crippen LogP contribution in [0.3, 0.4) is 0 Å². The van der Waals surface area contributed by atoms with Crippen LogP contribution in [-0.2, 0) is 9.59 Å². The topological polar surface area (TPSA) is 108 Å². The van der Waals surface area contributed by atoms with E-state index in [4.69, 9.17) is 9.90 Å². The van der Waals surface area contributed by atoms with E-state index in [0.717, 1.165) is 16.7 Å². The molecule has 0 aliphatic carbocycles. The summed E-state index contributed by atoms with van der Waals surface area (Å²) in [5.74, 6) is 0.808. The maximum absolute atomic E-state index is 12.4. The van der Waals surface area contributed by atoms with E-state index in [0.29, 0.717) is 11.4 Å². The van der Waals surface area contributed by atoms with Gasteiger partial charge in [-0.3, -0.25) is 9.59 Å². The number of carboxylic acid groups (broad SMARTS) is 1. The van der Waals surface area contributed by atoms with Crippen LogP contribution < -0.4 is 10.6 Å². The molecule has 0 spiro atoms. The van der Waals surface area contributed by atoms with Crippen molar-refractivity contribution in [1.82, 2.24) is 10.3 Å². The maximum Gasteiger partial charge on any atom is 0.317 e. The molecular weight excluding hydrogens is 450 g/mol. The van der Waals surface area contributed by atoms with Crippen molar-refractivity contribution in [3.8, 4) is 11.1 Å². The van der Waals surface area contributed by atoms with E-state index >= 15 is 0 Å². The first-order valence-electron chi connectivity index (χ1n) is 10.5. The van der Waals surface area contributed by atoms with Gasteiger partial charge in [0, 0.05) is 11.8 Å². The highest BCUT2D eigenvalue weighted by Crippen LogP contribution is 2.24. The number of aliphatic carboxylic acids is 1. The number of carbonyl (C=O) groups is 3. The molecule has 0 unspecified atom stereocenters.